The largest absolute Gasteiger partial charge is 0.460 e. The van der Waals surface area contributed by atoms with Gasteiger partial charge in [0.15, 0.2) is 5.78 Å². The number of carbonyl (C=O) groups excluding carboxylic acids is 5. The van der Waals surface area contributed by atoms with Gasteiger partial charge in [-0.15, -0.1) is 0 Å². The molecular formula is C65H98N2O14. The molecule has 4 fully saturated rings. The van der Waals surface area contributed by atoms with Gasteiger partial charge >= 0.3 is 5.97 Å². The van der Waals surface area contributed by atoms with Crippen LogP contribution in [0.5, 0.6) is 0 Å². The fourth-order valence-electron chi connectivity index (χ4n) is 12.5. The molecule has 4 aliphatic heterocycles. The standard InChI is InChI=1S/C65H98N2O14/c1-43-19-12-10-13-20-44(2)56(79-34-28-50-21-14-11-15-22-50)41-52-26-24-49(7)65(74,81-52)62(71)63(72)67-30-17-16-23-53(67)64(73)80-57(42-54(68)45(3)38-48(6)60(70)61(76-9)59(69)47(5)37-43)46(4)39-51-25-27-55(58(40-51)75-8)78-33-18-29-66-31-35-77-36-32-66/h10-15,19-22,38,43,45-47,49,51-53,55-58,60-61,70,74H,16-18,23-37,39-42H2,1-9H3/b13-10+,19-12+,44-20+,48-38+/t43-,45-,46-,47-,49-,51+,52+,53?,55-,56?,57+,58-,60-,61+,65-/m1/s1. The van der Waals surface area contributed by atoms with Crippen LogP contribution in [-0.2, 0) is 63.6 Å². The molecule has 16 nitrogen and oxygen atoms in total. The Labute approximate surface area is 483 Å². The number of ether oxygens (including phenoxy) is 7. The molecule has 1 aromatic carbocycles. The van der Waals surface area contributed by atoms with Gasteiger partial charge in [-0.05, 0) is 125 Å². The molecule has 2 bridgehead atoms. The number of aliphatic hydroxyl groups excluding tert-OH is 1. The van der Waals surface area contributed by atoms with Crippen molar-refractivity contribution >= 4 is 29.2 Å². The van der Waals surface area contributed by atoms with Crippen molar-refractivity contribution < 1.29 is 67.3 Å². The third kappa shape index (κ3) is 19.1. The molecule has 5 aliphatic rings. The van der Waals surface area contributed by atoms with Crippen LogP contribution in [-0.4, -0.2) is 171 Å². The molecule has 1 saturated carbocycles. The number of hydrogen-bond donors (Lipinski definition) is 2. The first kappa shape index (κ1) is 65.9. The van der Waals surface area contributed by atoms with Crippen LogP contribution in [0.15, 0.2) is 77.9 Å². The van der Waals surface area contributed by atoms with Gasteiger partial charge in [0.1, 0.15) is 30.1 Å². The van der Waals surface area contributed by atoms with Gasteiger partial charge < -0.3 is 48.3 Å². The van der Waals surface area contributed by atoms with Crippen LogP contribution in [0.25, 0.3) is 0 Å². The number of fused-ring (bicyclic) bond motifs is 3. The lowest BCUT2D eigenvalue weighted by Crippen LogP contribution is -2.61. The van der Waals surface area contributed by atoms with Crippen molar-refractivity contribution in [3.05, 3.63) is 83.5 Å². The Morgan fingerprint density at radius 2 is 1.56 bits per heavy atom. The Morgan fingerprint density at radius 1 is 0.802 bits per heavy atom. The number of morpholine rings is 1. The minimum Gasteiger partial charge on any atom is -0.460 e. The number of allylic oxidation sites excluding steroid dienone is 6. The van der Waals surface area contributed by atoms with Gasteiger partial charge in [-0.3, -0.25) is 24.1 Å². The van der Waals surface area contributed by atoms with Crippen molar-refractivity contribution in [3.63, 3.8) is 0 Å². The van der Waals surface area contributed by atoms with Crippen molar-refractivity contribution in [2.45, 2.75) is 193 Å². The lowest BCUT2D eigenvalue weighted by molar-refractivity contribution is -0.266. The van der Waals surface area contributed by atoms with Gasteiger partial charge in [0.2, 0.25) is 5.79 Å². The number of Topliss-reactive ketones (excluding diaryl/α,β-unsaturated/α-hetero) is 3. The van der Waals surface area contributed by atoms with E-state index in [-0.39, 0.29) is 60.9 Å². The summed E-state index contributed by atoms with van der Waals surface area (Å²) in [5.41, 5.74) is 2.41. The third-order valence-electron chi connectivity index (χ3n) is 17.8. The number of rotatable bonds is 14. The highest BCUT2D eigenvalue weighted by molar-refractivity contribution is 6.39. The van der Waals surface area contributed by atoms with Gasteiger partial charge in [-0.1, -0.05) is 101 Å². The van der Waals surface area contributed by atoms with Gasteiger partial charge in [-0.25, -0.2) is 4.79 Å². The lowest BCUT2D eigenvalue weighted by Gasteiger charge is -2.43. The van der Waals surface area contributed by atoms with Crippen molar-refractivity contribution in [1.29, 1.82) is 0 Å². The van der Waals surface area contributed by atoms with E-state index in [0.717, 1.165) is 69.7 Å². The molecule has 0 spiro atoms. The minimum absolute atomic E-state index is 0.00317. The number of hydrogen-bond acceptors (Lipinski definition) is 15. The highest BCUT2D eigenvalue weighted by atomic mass is 16.6. The Kier molecular flexibility index (Phi) is 26.6. The Balaban J connectivity index is 1.25. The highest BCUT2D eigenvalue weighted by Gasteiger charge is 2.53. The summed E-state index contributed by atoms with van der Waals surface area (Å²) in [6, 6.07) is 8.87. The summed E-state index contributed by atoms with van der Waals surface area (Å²) in [4.78, 5) is 75.9. The SMILES string of the molecule is CO[C@@H]1C[C@H](C[C@@H](C)[C@@H]2CC(=O)[C@H](C)/C=C(\C)[C@@H](O)[C@@H](OC)C(=O)[C@H](C)C[C@H](C)/C=C/C=C/C=C(\C)C(OCCc3ccccc3)C[C@@H]3CC[C@@H](C)[C@@](O)(O3)C(=O)C(=O)N3CCCCC3C(=O)O2)CC[C@H]1OCCCN1CCOCC1. The molecule has 1 amide bonds. The van der Waals surface area contributed by atoms with Crippen LogP contribution in [0.3, 0.4) is 0 Å². The van der Waals surface area contributed by atoms with E-state index in [1.165, 1.54) is 12.0 Å². The molecule has 0 aromatic heterocycles. The lowest BCUT2D eigenvalue weighted by atomic mass is 9.78. The first-order valence-electron chi connectivity index (χ1n) is 30.4. The molecule has 81 heavy (non-hydrogen) atoms. The third-order valence-corrected chi connectivity index (χ3v) is 17.8. The zero-order chi connectivity index (χ0) is 58.6. The number of carbonyl (C=O) groups is 5. The second-order valence-corrected chi connectivity index (χ2v) is 24.1. The predicted octanol–water partition coefficient (Wildman–Crippen LogP) is 8.54. The molecule has 0 radical (unpaired) electrons. The van der Waals surface area contributed by atoms with Crippen molar-refractivity contribution in [1.82, 2.24) is 9.80 Å². The average Bonchev–Trinajstić information content (AvgIpc) is 3.66. The number of esters is 1. The van der Waals surface area contributed by atoms with Crippen LogP contribution in [0.2, 0.25) is 0 Å². The Morgan fingerprint density at radius 3 is 2.28 bits per heavy atom. The van der Waals surface area contributed by atoms with E-state index in [1.807, 2.05) is 88.4 Å². The van der Waals surface area contributed by atoms with E-state index in [9.17, 15) is 34.2 Å². The summed E-state index contributed by atoms with van der Waals surface area (Å²) < 4.78 is 42.9. The molecule has 3 saturated heterocycles. The van der Waals surface area contributed by atoms with Gasteiger partial charge in [0, 0.05) is 77.6 Å². The van der Waals surface area contributed by atoms with Crippen LogP contribution >= 0.6 is 0 Å². The number of methoxy groups -OCH3 is 2. The summed E-state index contributed by atoms with van der Waals surface area (Å²) in [6.45, 7) is 18.3. The number of ketones is 3. The maximum atomic E-state index is 14.7. The molecule has 16 heteroatoms. The normalized spacial score (nSPS) is 36.1. The number of benzene rings is 1. The molecule has 15 atom stereocenters. The van der Waals surface area contributed by atoms with E-state index in [1.54, 1.807) is 34.0 Å². The second kappa shape index (κ2) is 32.7. The first-order valence-corrected chi connectivity index (χ1v) is 30.4. The first-order chi connectivity index (χ1) is 38.8. The second-order valence-electron chi connectivity index (χ2n) is 24.1. The Bertz CT molecular complexity index is 2300. The summed E-state index contributed by atoms with van der Waals surface area (Å²) in [6.07, 6.45) is 14.1. The van der Waals surface area contributed by atoms with E-state index >= 15 is 0 Å². The zero-order valence-corrected chi connectivity index (χ0v) is 50.2. The number of cyclic esters (lactones) is 1. The van der Waals surface area contributed by atoms with E-state index < -0.39 is 77.8 Å². The molecule has 1 aliphatic carbocycles. The zero-order valence-electron chi connectivity index (χ0n) is 50.2. The molecule has 4 heterocycles. The van der Waals surface area contributed by atoms with E-state index in [4.69, 9.17) is 33.2 Å². The van der Waals surface area contributed by atoms with E-state index in [2.05, 4.69) is 4.90 Å². The van der Waals surface area contributed by atoms with Crippen molar-refractivity contribution in [2.75, 3.05) is 66.8 Å². The van der Waals surface area contributed by atoms with Gasteiger partial charge in [-0.2, -0.15) is 0 Å². The van der Waals surface area contributed by atoms with Crippen LogP contribution in [0.1, 0.15) is 138 Å². The fraction of sp³-hybridized carbons (Fsp3) is 0.708. The van der Waals surface area contributed by atoms with Crippen LogP contribution in [0.4, 0.5) is 0 Å². The quantitative estimate of drug-likeness (QED) is 0.0778. The van der Waals surface area contributed by atoms with Crippen LogP contribution < -0.4 is 0 Å². The van der Waals surface area contributed by atoms with Gasteiger partial charge in [0.25, 0.3) is 11.7 Å². The molecule has 452 valence electrons. The van der Waals surface area contributed by atoms with E-state index in [0.29, 0.717) is 70.2 Å². The van der Waals surface area contributed by atoms with Gasteiger partial charge in [0.05, 0.1) is 44.2 Å². The maximum absolute atomic E-state index is 14.7. The number of nitrogens with zero attached hydrogens (tertiary/aromatic N) is 2. The minimum atomic E-state index is -2.46. The monoisotopic (exact) mass is 1130 g/mol. The molecule has 2 N–H and O–H groups in total. The van der Waals surface area contributed by atoms with Crippen molar-refractivity contribution in [2.24, 2.45) is 35.5 Å². The highest BCUT2D eigenvalue weighted by Crippen LogP contribution is 2.38. The number of piperidine rings is 1. The molecule has 2 unspecified atom stereocenters. The predicted molar refractivity (Wildman–Crippen MR) is 310 cm³/mol. The molecule has 6 rings (SSSR count). The summed E-state index contributed by atoms with van der Waals surface area (Å²) >= 11 is 0. The topological polar surface area (TPSA) is 197 Å². The number of aliphatic hydroxyl groups is 2. The fourth-order valence-corrected chi connectivity index (χ4v) is 12.5. The smallest absolute Gasteiger partial charge is 0.329 e. The molecular weight excluding hydrogens is 1030 g/mol. The summed E-state index contributed by atoms with van der Waals surface area (Å²) in [7, 11) is 3.11. The number of amides is 1. The summed E-state index contributed by atoms with van der Waals surface area (Å²) in [5.74, 6) is -7.91. The Hall–Kier alpha value is -4.23. The summed E-state index contributed by atoms with van der Waals surface area (Å²) in [5, 5.41) is 23.9. The van der Waals surface area contributed by atoms with Crippen molar-refractivity contribution in [3.8, 4) is 0 Å². The maximum Gasteiger partial charge on any atom is 0.329 e. The van der Waals surface area contributed by atoms with Crippen LogP contribution in [0, 0.1) is 35.5 Å². The molecule has 1 aromatic rings. The average molecular weight is 1130 g/mol.